The minimum absolute atomic E-state index is 0.0116. The molecular formula is C12H12F4N2O2. The average molecular weight is 292 g/mol. The lowest BCUT2D eigenvalue weighted by atomic mass is 9.86. The van der Waals surface area contributed by atoms with Crippen molar-refractivity contribution in [2.24, 2.45) is 5.41 Å². The van der Waals surface area contributed by atoms with Crippen LogP contribution >= 0.6 is 0 Å². The molecule has 1 aromatic heterocycles. The molecule has 110 valence electrons. The van der Waals surface area contributed by atoms with E-state index in [9.17, 15) is 22.4 Å². The topological polar surface area (TPSA) is 53.4 Å². The van der Waals surface area contributed by atoms with Crippen molar-refractivity contribution >= 4 is 5.97 Å². The summed E-state index contributed by atoms with van der Waals surface area (Å²) in [4.78, 5) is 16.0. The third-order valence-electron chi connectivity index (χ3n) is 3.47. The van der Waals surface area contributed by atoms with Crippen molar-refractivity contribution in [2.75, 3.05) is 13.1 Å². The molecule has 2 heterocycles. The summed E-state index contributed by atoms with van der Waals surface area (Å²) in [6.45, 7) is -0.611. The first-order valence-corrected chi connectivity index (χ1v) is 5.86. The highest BCUT2D eigenvalue weighted by atomic mass is 19.4. The van der Waals surface area contributed by atoms with E-state index < -0.39 is 36.3 Å². The quantitative estimate of drug-likeness (QED) is 0.866. The van der Waals surface area contributed by atoms with Gasteiger partial charge < -0.3 is 5.11 Å². The Morgan fingerprint density at radius 2 is 2.15 bits per heavy atom. The number of aliphatic carboxylic acids is 1. The van der Waals surface area contributed by atoms with Crippen LogP contribution in [0.25, 0.3) is 0 Å². The van der Waals surface area contributed by atoms with Gasteiger partial charge in [0.25, 0.3) is 0 Å². The number of carbonyl (C=O) groups is 1. The van der Waals surface area contributed by atoms with Crippen molar-refractivity contribution in [1.29, 1.82) is 0 Å². The van der Waals surface area contributed by atoms with Crippen LogP contribution in [-0.2, 0) is 11.3 Å². The van der Waals surface area contributed by atoms with Crippen molar-refractivity contribution in [1.82, 2.24) is 9.88 Å². The van der Waals surface area contributed by atoms with Crippen molar-refractivity contribution in [2.45, 2.75) is 19.1 Å². The van der Waals surface area contributed by atoms with Gasteiger partial charge >= 0.3 is 12.1 Å². The third-order valence-corrected chi connectivity index (χ3v) is 3.47. The molecule has 0 bridgehead atoms. The zero-order valence-electron chi connectivity index (χ0n) is 10.3. The number of aromatic nitrogens is 1. The Balaban J connectivity index is 2.13. The lowest BCUT2D eigenvalue weighted by molar-refractivity contribution is -0.227. The van der Waals surface area contributed by atoms with Gasteiger partial charge in [-0.2, -0.15) is 13.2 Å². The van der Waals surface area contributed by atoms with E-state index in [4.69, 9.17) is 5.11 Å². The van der Waals surface area contributed by atoms with Gasteiger partial charge in [0.15, 0.2) is 5.41 Å². The second-order valence-corrected chi connectivity index (χ2v) is 4.86. The Morgan fingerprint density at radius 1 is 1.45 bits per heavy atom. The van der Waals surface area contributed by atoms with E-state index >= 15 is 0 Å². The van der Waals surface area contributed by atoms with Gasteiger partial charge in [-0.3, -0.25) is 14.7 Å². The smallest absolute Gasteiger partial charge is 0.406 e. The Hall–Kier alpha value is -1.70. The second kappa shape index (κ2) is 5.01. The maximum atomic E-state index is 13.0. The molecule has 1 saturated heterocycles. The summed E-state index contributed by atoms with van der Waals surface area (Å²) >= 11 is 0. The first-order chi connectivity index (χ1) is 9.24. The van der Waals surface area contributed by atoms with Gasteiger partial charge in [0.1, 0.15) is 5.82 Å². The molecule has 0 amide bonds. The van der Waals surface area contributed by atoms with Gasteiger partial charge in [-0.05, 0) is 18.1 Å². The first-order valence-electron chi connectivity index (χ1n) is 5.86. The number of carboxylic acid groups (broad SMARTS) is 1. The third kappa shape index (κ3) is 2.60. The molecule has 0 aliphatic carbocycles. The average Bonchev–Trinajstić information content (AvgIpc) is 2.73. The lowest BCUT2D eigenvalue weighted by Crippen LogP contribution is -2.47. The lowest BCUT2D eigenvalue weighted by Gasteiger charge is -2.27. The van der Waals surface area contributed by atoms with E-state index in [0.717, 1.165) is 6.20 Å². The Morgan fingerprint density at radius 3 is 2.65 bits per heavy atom. The molecule has 20 heavy (non-hydrogen) atoms. The molecule has 1 atom stereocenters. The predicted octanol–water partition coefficient (Wildman–Crippen LogP) is 2.06. The molecule has 4 nitrogen and oxygen atoms in total. The summed E-state index contributed by atoms with van der Waals surface area (Å²) in [5.41, 5.74) is -2.33. The Bertz CT molecular complexity index is 520. The summed E-state index contributed by atoms with van der Waals surface area (Å²) in [6.07, 6.45) is -2.98. The molecule has 0 spiro atoms. The Kier molecular flexibility index (Phi) is 3.68. The zero-order chi connectivity index (χ0) is 15.0. The van der Waals surface area contributed by atoms with Crippen LogP contribution in [-0.4, -0.2) is 40.2 Å². The maximum Gasteiger partial charge on any atom is 0.406 e. The van der Waals surface area contributed by atoms with Crippen LogP contribution in [0, 0.1) is 11.2 Å². The van der Waals surface area contributed by atoms with Crippen LogP contribution in [0.2, 0.25) is 0 Å². The number of rotatable bonds is 3. The molecule has 1 N–H and O–H groups in total. The van der Waals surface area contributed by atoms with Gasteiger partial charge in [0, 0.05) is 25.8 Å². The van der Waals surface area contributed by atoms with Crippen molar-refractivity contribution in [3.63, 3.8) is 0 Å². The van der Waals surface area contributed by atoms with Gasteiger partial charge in [-0.1, -0.05) is 0 Å². The summed E-state index contributed by atoms with van der Waals surface area (Å²) in [6, 6.07) is 1.17. The highest BCUT2D eigenvalue weighted by Gasteiger charge is 2.63. The fourth-order valence-electron chi connectivity index (χ4n) is 2.35. The molecule has 0 saturated carbocycles. The molecule has 0 radical (unpaired) electrons. The number of halogens is 4. The minimum atomic E-state index is -4.81. The monoisotopic (exact) mass is 292 g/mol. The van der Waals surface area contributed by atoms with Gasteiger partial charge in [-0.15, -0.1) is 0 Å². The molecule has 1 fully saturated rings. The molecule has 1 aliphatic heterocycles. The molecule has 2 rings (SSSR count). The number of nitrogens with zero attached hydrogens (tertiary/aromatic N) is 2. The molecule has 1 aliphatic rings. The fraction of sp³-hybridized carbons (Fsp3) is 0.500. The minimum Gasteiger partial charge on any atom is -0.481 e. The summed E-state index contributed by atoms with van der Waals surface area (Å²) in [5.74, 6) is -2.45. The van der Waals surface area contributed by atoms with Crippen LogP contribution < -0.4 is 0 Å². The standard InChI is InChI=1S/C12H12F4N2O2/c13-9-3-8(4-17-5-9)6-18-2-1-11(7-18,10(19)20)12(14,15)16/h3-5H,1-2,6-7H2,(H,19,20). The number of hydrogen-bond acceptors (Lipinski definition) is 3. The van der Waals surface area contributed by atoms with Crippen LogP contribution in [0.4, 0.5) is 17.6 Å². The van der Waals surface area contributed by atoms with E-state index in [-0.39, 0.29) is 13.1 Å². The van der Waals surface area contributed by atoms with Gasteiger partial charge in [-0.25, -0.2) is 4.39 Å². The van der Waals surface area contributed by atoms with Crippen molar-refractivity contribution < 1.29 is 27.5 Å². The molecule has 1 unspecified atom stereocenters. The van der Waals surface area contributed by atoms with E-state index in [1.165, 1.54) is 17.2 Å². The number of carboxylic acids is 1. The van der Waals surface area contributed by atoms with E-state index in [2.05, 4.69) is 4.98 Å². The largest absolute Gasteiger partial charge is 0.481 e. The van der Waals surface area contributed by atoms with Gasteiger partial charge in [0.05, 0.1) is 6.20 Å². The van der Waals surface area contributed by atoms with E-state index in [1.807, 2.05) is 0 Å². The summed E-state index contributed by atoms with van der Waals surface area (Å²) in [7, 11) is 0. The van der Waals surface area contributed by atoms with Crippen LogP contribution in [0.5, 0.6) is 0 Å². The number of likely N-dealkylation sites (tertiary alicyclic amines) is 1. The first kappa shape index (κ1) is 14.7. The molecular weight excluding hydrogens is 280 g/mol. The highest BCUT2D eigenvalue weighted by molar-refractivity contribution is 5.76. The van der Waals surface area contributed by atoms with Gasteiger partial charge in [0.2, 0.25) is 0 Å². The zero-order valence-corrected chi connectivity index (χ0v) is 10.3. The predicted molar refractivity (Wildman–Crippen MR) is 60.2 cm³/mol. The van der Waals surface area contributed by atoms with Crippen LogP contribution in [0.3, 0.4) is 0 Å². The molecule has 1 aromatic rings. The van der Waals surface area contributed by atoms with Crippen LogP contribution in [0.1, 0.15) is 12.0 Å². The molecule has 8 heteroatoms. The van der Waals surface area contributed by atoms with Crippen molar-refractivity contribution in [3.8, 4) is 0 Å². The number of hydrogen-bond donors (Lipinski definition) is 1. The van der Waals surface area contributed by atoms with Crippen molar-refractivity contribution in [3.05, 3.63) is 29.8 Å². The SMILES string of the molecule is O=C(O)C1(C(F)(F)F)CCN(Cc2cncc(F)c2)C1. The maximum absolute atomic E-state index is 13.0. The fourth-order valence-corrected chi connectivity index (χ4v) is 2.35. The molecule has 0 aromatic carbocycles. The van der Waals surface area contributed by atoms with E-state index in [1.54, 1.807) is 0 Å². The van der Waals surface area contributed by atoms with Crippen LogP contribution in [0.15, 0.2) is 18.5 Å². The number of pyridine rings is 1. The summed E-state index contributed by atoms with van der Waals surface area (Å²) < 4.78 is 51.8. The number of alkyl halides is 3. The summed E-state index contributed by atoms with van der Waals surface area (Å²) in [5, 5.41) is 8.91. The second-order valence-electron chi connectivity index (χ2n) is 4.86. The normalized spacial score (nSPS) is 24.0. The Labute approximate surface area is 112 Å². The van der Waals surface area contributed by atoms with E-state index in [0.29, 0.717) is 5.56 Å². The highest BCUT2D eigenvalue weighted by Crippen LogP contribution is 2.45.